The molecule has 5 heterocycles. The van der Waals surface area contributed by atoms with Crippen LogP contribution in [0.5, 0.6) is 0 Å². The van der Waals surface area contributed by atoms with Crippen LogP contribution in [0.25, 0.3) is 22.0 Å². The number of nitrogens with one attached hydrogen (secondary N) is 5. The van der Waals surface area contributed by atoms with Gasteiger partial charge in [0.2, 0.25) is 29.5 Å². The number of hydrogen-bond acceptors (Lipinski definition) is 12. The summed E-state index contributed by atoms with van der Waals surface area (Å²) in [7, 11) is -5.14. The van der Waals surface area contributed by atoms with Crippen molar-refractivity contribution in [2.24, 2.45) is 5.73 Å². The summed E-state index contributed by atoms with van der Waals surface area (Å²) >= 11 is 0. The number of hydrogen-bond donors (Lipinski definition) is 9. The maximum atomic E-state index is 15.1. The summed E-state index contributed by atoms with van der Waals surface area (Å²) in [5, 5.41) is 20.7. The van der Waals surface area contributed by atoms with E-state index in [0.717, 1.165) is 28.5 Å². The number of fused-ring (bicyclic) bond motifs is 2. The Kier molecular flexibility index (Phi) is 21.3. The number of carbonyl (C=O) groups is 9. The van der Waals surface area contributed by atoms with E-state index < -0.39 is 96.8 Å². The number of aromatic nitrogens is 3. The number of carbonyl (C=O) groups excluding carboxylic acids is 8. The van der Waals surface area contributed by atoms with Gasteiger partial charge < -0.3 is 61.2 Å². The molecule has 2 saturated heterocycles. The predicted molar refractivity (Wildman–Crippen MR) is 335 cm³/mol. The topological polar surface area (TPSA) is 363 Å². The number of aliphatic carboxylic acids is 1. The monoisotopic (exact) mass is 1250 g/mol. The number of nitrogens with zero attached hydrogens (tertiary/aromatic N) is 4. The third-order valence-electron chi connectivity index (χ3n) is 15.8. The molecule has 0 saturated carbocycles. The summed E-state index contributed by atoms with van der Waals surface area (Å²) in [4.78, 5) is 163. The van der Waals surface area contributed by atoms with Gasteiger partial charge in [-0.25, -0.2) is 0 Å². The number of aromatic amines is 1. The van der Waals surface area contributed by atoms with Gasteiger partial charge in [-0.2, -0.15) is 0 Å². The maximum Gasteiger partial charge on any atom is 0.396 e. The Balaban J connectivity index is 0.839. The molecule has 470 valence electrons. The second kappa shape index (κ2) is 29.8. The van der Waals surface area contributed by atoms with Gasteiger partial charge in [-0.05, 0) is 104 Å². The number of pyridine rings is 2. The quantitative estimate of drug-likeness (QED) is 0.0197. The molecule has 7 aromatic rings. The maximum absolute atomic E-state index is 15.1. The second-order valence-electron chi connectivity index (χ2n) is 22.3. The minimum absolute atomic E-state index is 0.0769. The number of rotatable bonds is 24. The highest BCUT2D eigenvalue weighted by Gasteiger charge is 2.46. The molecule has 9 rings (SSSR count). The number of benzene rings is 4. The van der Waals surface area contributed by atoms with Gasteiger partial charge in [0.05, 0.1) is 11.7 Å². The van der Waals surface area contributed by atoms with Crippen LogP contribution in [0.1, 0.15) is 125 Å². The number of H-pyrrole nitrogens is 1. The number of primary amides is 1. The van der Waals surface area contributed by atoms with Gasteiger partial charge in [-0.1, -0.05) is 97.5 Å². The zero-order valence-corrected chi connectivity index (χ0v) is 50.2. The van der Waals surface area contributed by atoms with Gasteiger partial charge in [0, 0.05) is 96.2 Å². The fraction of sp³-hybridized carbons (Fsp3) is 0.288. The standard InChI is InChI=1S/C66H67N10O14P/c67-56(77)28-26-52(62(83)73-60(42-15-8-5-9-16-42)43-17-10-6-11-18-43)71-64(85)55-27-24-50-30-31-74(39-54(65(86)76(50)55)72-63(84)53-35-47-34-46(22-25-51(47)70-53)66(87)91(88,89)90)57(78)21-12-4-2-1-3-7-14-41-32-48(37-68-36-41)44-19-13-20-45(33-44)61(82)69-49-23-29-58(79)75(38-49)40-59(80)81/h5-6,8-11,13,15-20,22-23,25,29,32-38,50,52,54-55,60,70H,1-4,12,21,24,26-28,30-31,39-40H2,(H2,67,77)(H,69,82)(H,71,85)(H,72,84)(H,73,83)(H,80,81)(H2,88,89,90)/t50-,52+,54+,55+/m1/s1. The highest BCUT2D eigenvalue weighted by molar-refractivity contribution is 7.70. The molecule has 0 radical (unpaired) electrons. The molecule has 24 nitrogen and oxygen atoms in total. The van der Waals surface area contributed by atoms with E-state index in [-0.39, 0.29) is 67.0 Å². The van der Waals surface area contributed by atoms with Crippen molar-refractivity contribution in [2.45, 2.75) is 107 Å². The van der Waals surface area contributed by atoms with Crippen LogP contribution in [-0.2, 0) is 39.9 Å². The van der Waals surface area contributed by atoms with E-state index >= 15 is 4.79 Å². The van der Waals surface area contributed by atoms with E-state index in [1.807, 2.05) is 72.8 Å². The van der Waals surface area contributed by atoms with Crippen LogP contribution in [0.2, 0.25) is 0 Å². The lowest BCUT2D eigenvalue weighted by Gasteiger charge is -2.39. The van der Waals surface area contributed by atoms with Crippen molar-refractivity contribution in [1.82, 2.24) is 40.3 Å². The first-order valence-corrected chi connectivity index (χ1v) is 31.2. The Morgan fingerprint density at radius 1 is 0.747 bits per heavy atom. The van der Waals surface area contributed by atoms with Gasteiger partial charge in [0.25, 0.3) is 22.9 Å². The Morgan fingerprint density at radius 2 is 1.48 bits per heavy atom. The smallest absolute Gasteiger partial charge is 0.396 e. The summed E-state index contributed by atoms with van der Waals surface area (Å²) in [6, 6.07) is 29.8. The summed E-state index contributed by atoms with van der Waals surface area (Å²) in [6.07, 6.45) is 8.29. The summed E-state index contributed by atoms with van der Waals surface area (Å²) in [6.45, 7) is -0.657. The number of amides is 7. The van der Waals surface area contributed by atoms with Gasteiger partial charge in [0.1, 0.15) is 30.4 Å². The molecule has 4 atom stereocenters. The van der Waals surface area contributed by atoms with Crippen molar-refractivity contribution in [1.29, 1.82) is 0 Å². The van der Waals surface area contributed by atoms with Crippen molar-refractivity contribution in [2.75, 3.05) is 18.4 Å². The van der Waals surface area contributed by atoms with Crippen LogP contribution in [0.15, 0.2) is 151 Å². The molecular formula is C66H67N10O14P. The van der Waals surface area contributed by atoms with Crippen LogP contribution >= 0.6 is 7.60 Å². The molecule has 10 N–H and O–H groups in total. The van der Waals surface area contributed by atoms with Crippen molar-refractivity contribution in [3.05, 3.63) is 190 Å². The van der Waals surface area contributed by atoms with Gasteiger partial charge in [0.15, 0.2) is 0 Å². The lowest BCUT2D eigenvalue weighted by Crippen LogP contribution is -2.62. The Hall–Kier alpha value is -10.3. The zero-order valence-electron chi connectivity index (χ0n) is 49.3. The first-order valence-electron chi connectivity index (χ1n) is 29.6. The molecule has 0 bridgehead atoms. The molecule has 0 aliphatic carbocycles. The van der Waals surface area contributed by atoms with E-state index in [2.05, 4.69) is 43.1 Å². The van der Waals surface area contributed by atoms with Crippen molar-refractivity contribution in [3.63, 3.8) is 0 Å². The molecule has 7 amide bonds. The summed E-state index contributed by atoms with van der Waals surface area (Å²) < 4.78 is 12.8. The van der Waals surface area contributed by atoms with Gasteiger partial charge >= 0.3 is 13.6 Å². The van der Waals surface area contributed by atoms with Gasteiger partial charge in [-0.15, -0.1) is 0 Å². The molecule has 25 heteroatoms. The zero-order chi connectivity index (χ0) is 64.8. The Morgan fingerprint density at radius 3 is 2.20 bits per heavy atom. The van der Waals surface area contributed by atoms with E-state index in [1.54, 1.807) is 30.6 Å². The largest absolute Gasteiger partial charge is 0.480 e. The van der Waals surface area contributed by atoms with Crippen LogP contribution in [0, 0.1) is 11.8 Å². The summed E-state index contributed by atoms with van der Waals surface area (Å²) in [5.74, 6) is 0.974. The van der Waals surface area contributed by atoms with Gasteiger partial charge in [-0.3, -0.25) is 57.5 Å². The molecule has 4 aromatic carbocycles. The lowest BCUT2D eigenvalue weighted by molar-refractivity contribution is -0.145. The predicted octanol–water partition coefficient (Wildman–Crippen LogP) is 5.79. The van der Waals surface area contributed by atoms with Crippen LogP contribution in [0.4, 0.5) is 5.69 Å². The van der Waals surface area contributed by atoms with Crippen LogP contribution < -0.4 is 32.6 Å². The van der Waals surface area contributed by atoms with Crippen molar-refractivity contribution in [3.8, 4) is 23.0 Å². The van der Waals surface area contributed by atoms with Crippen molar-refractivity contribution >= 4 is 77.0 Å². The second-order valence-corrected chi connectivity index (χ2v) is 23.8. The molecule has 0 spiro atoms. The van der Waals surface area contributed by atoms with Crippen LogP contribution in [0.3, 0.4) is 0 Å². The third kappa shape index (κ3) is 17.1. The summed E-state index contributed by atoms with van der Waals surface area (Å²) in [5.41, 5.74) is 7.73. The van der Waals surface area contributed by atoms with E-state index in [0.29, 0.717) is 59.9 Å². The highest BCUT2D eigenvalue weighted by Crippen LogP contribution is 2.39. The lowest BCUT2D eigenvalue weighted by atomic mass is 9.98. The highest BCUT2D eigenvalue weighted by atomic mass is 31.2. The number of anilines is 1. The Labute approximate surface area is 522 Å². The first-order chi connectivity index (χ1) is 43.7. The molecule has 2 aliphatic heterocycles. The number of carboxylic acid groups (broad SMARTS) is 1. The van der Waals surface area contributed by atoms with E-state index in [4.69, 9.17) is 10.8 Å². The molecule has 3 aromatic heterocycles. The van der Waals surface area contributed by atoms with Crippen molar-refractivity contribution < 1.29 is 62.6 Å². The minimum atomic E-state index is -5.14. The average molecular weight is 1260 g/mol. The van der Waals surface area contributed by atoms with Crippen LogP contribution in [-0.4, -0.2) is 129 Å². The molecule has 2 aliphatic rings. The number of carboxylic acids is 1. The molecule has 91 heavy (non-hydrogen) atoms. The normalized spacial score (nSPS) is 15.9. The molecule has 2 fully saturated rings. The number of unbranched alkanes of at least 4 members (excludes halogenated alkanes) is 4. The van der Waals surface area contributed by atoms with E-state index in [1.165, 1.54) is 52.4 Å². The van der Waals surface area contributed by atoms with E-state index in [9.17, 15) is 57.5 Å². The Bertz CT molecular complexity index is 4040. The first kappa shape index (κ1) is 65.1. The minimum Gasteiger partial charge on any atom is -0.480 e. The molecule has 0 unspecified atom stereocenters. The molecular weight excluding hydrogens is 1190 g/mol. The fourth-order valence-corrected chi connectivity index (χ4v) is 11.7. The SMILES string of the molecule is NC(=O)CC[C@H](NC(=O)[C@@H]1CC[C@@H]2CCN(C(=O)CCCCCCC#Cc3cncc(-c4cccc(C(=O)Nc5ccc(=O)n(CC(=O)O)c5)c4)c3)C[C@H](NC(=O)c3cc4cc(C(=O)P(=O)(O)O)ccc4[nH]3)C(=O)N21)C(=O)NC(c1ccccc1)c1ccccc1. The fourth-order valence-electron chi connectivity index (χ4n) is 11.2. The number of nitrogens with two attached hydrogens (primary N) is 1. The average Bonchev–Trinajstić information content (AvgIpc) is 1.79. The third-order valence-corrected chi connectivity index (χ3v) is 16.6.